The molecule has 3 rings (SSSR count). The topological polar surface area (TPSA) is 16.4 Å². The van der Waals surface area contributed by atoms with E-state index in [0.29, 0.717) is 0 Å². The molecule has 0 spiro atoms. The standard InChI is InChI=1S/C15H16NO/c1-4-5-7-11-10(2)13-12(15-14(11)17-15)8-6-9-16(13)3/h4-9,14-15H,1H2,2-3H3/q+1/b7-5-. The fourth-order valence-corrected chi connectivity index (χ4v) is 2.67. The van der Waals surface area contributed by atoms with Crippen molar-refractivity contribution in [2.75, 3.05) is 0 Å². The fraction of sp³-hybridized carbons (Fsp3) is 0.267. The minimum Gasteiger partial charge on any atom is -0.359 e. The van der Waals surface area contributed by atoms with Gasteiger partial charge in [0.25, 0.3) is 0 Å². The summed E-state index contributed by atoms with van der Waals surface area (Å²) in [6, 6.07) is 4.24. The molecule has 2 aliphatic rings. The lowest BCUT2D eigenvalue weighted by Gasteiger charge is -2.12. The Balaban J connectivity index is 2.19. The van der Waals surface area contributed by atoms with Gasteiger partial charge in [0.2, 0.25) is 5.69 Å². The van der Waals surface area contributed by atoms with Crippen LogP contribution < -0.4 is 4.57 Å². The van der Waals surface area contributed by atoms with Gasteiger partial charge in [0.1, 0.15) is 19.3 Å². The van der Waals surface area contributed by atoms with Crippen molar-refractivity contribution in [2.45, 2.75) is 19.1 Å². The highest BCUT2D eigenvalue weighted by molar-refractivity contribution is 5.73. The minimum atomic E-state index is 0.251. The number of allylic oxidation sites excluding steroid dienone is 3. The average Bonchev–Trinajstić information content (AvgIpc) is 3.09. The van der Waals surface area contributed by atoms with E-state index in [2.05, 4.69) is 49.5 Å². The molecule has 0 radical (unpaired) electrons. The van der Waals surface area contributed by atoms with Crippen LogP contribution in [0.15, 0.2) is 48.7 Å². The fourth-order valence-electron chi connectivity index (χ4n) is 2.67. The monoisotopic (exact) mass is 226 g/mol. The smallest absolute Gasteiger partial charge is 0.214 e. The Hall–Kier alpha value is -1.67. The molecule has 2 atom stereocenters. The van der Waals surface area contributed by atoms with Crippen molar-refractivity contribution in [1.82, 2.24) is 0 Å². The van der Waals surface area contributed by atoms with E-state index < -0.39 is 0 Å². The Morgan fingerprint density at radius 1 is 1.41 bits per heavy atom. The molecule has 0 N–H and O–H groups in total. The van der Waals surface area contributed by atoms with Gasteiger partial charge in [-0.25, -0.2) is 4.57 Å². The number of rotatable bonds is 2. The van der Waals surface area contributed by atoms with Crippen LogP contribution in [-0.4, -0.2) is 6.10 Å². The van der Waals surface area contributed by atoms with E-state index in [-0.39, 0.29) is 12.2 Å². The van der Waals surface area contributed by atoms with Crippen LogP contribution in [0.4, 0.5) is 0 Å². The van der Waals surface area contributed by atoms with Crippen LogP contribution in [0.1, 0.15) is 24.3 Å². The molecule has 1 saturated heterocycles. The van der Waals surface area contributed by atoms with Crippen molar-refractivity contribution in [3.8, 4) is 0 Å². The molecule has 2 heteroatoms. The molecule has 1 aliphatic carbocycles. The molecule has 1 aromatic heterocycles. The average molecular weight is 226 g/mol. The summed E-state index contributed by atoms with van der Waals surface area (Å²) in [5.74, 6) is 0. The van der Waals surface area contributed by atoms with E-state index in [1.807, 2.05) is 6.08 Å². The third-order valence-electron chi connectivity index (χ3n) is 3.52. The molecule has 1 aliphatic heterocycles. The molecule has 0 saturated carbocycles. The molecule has 2 heterocycles. The highest BCUT2D eigenvalue weighted by atomic mass is 16.6. The van der Waals surface area contributed by atoms with Crippen molar-refractivity contribution in [3.05, 3.63) is 60.0 Å². The lowest BCUT2D eigenvalue weighted by molar-refractivity contribution is -0.674. The van der Waals surface area contributed by atoms with Crippen molar-refractivity contribution in [2.24, 2.45) is 7.05 Å². The van der Waals surface area contributed by atoms with Crippen LogP contribution in [0.25, 0.3) is 5.57 Å². The molecule has 1 aromatic rings. The Labute approximate surface area is 102 Å². The first-order valence-corrected chi connectivity index (χ1v) is 5.88. The zero-order chi connectivity index (χ0) is 12.0. The maximum atomic E-state index is 5.78. The predicted octanol–water partition coefficient (Wildman–Crippen LogP) is 2.48. The summed E-state index contributed by atoms with van der Waals surface area (Å²) in [6.07, 6.45) is 8.48. The molecule has 0 bridgehead atoms. The van der Waals surface area contributed by atoms with Gasteiger partial charge >= 0.3 is 0 Å². The van der Waals surface area contributed by atoms with E-state index >= 15 is 0 Å². The number of nitrogens with zero attached hydrogens (tertiary/aromatic N) is 1. The van der Waals surface area contributed by atoms with Crippen molar-refractivity contribution >= 4 is 5.57 Å². The number of epoxide rings is 1. The van der Waals surface area contributed by atoms with Crippen LogP contribution in [0, 0.1) is 0 Å². The number of fused-ring (bicyclic) bond motifs is 3. The largest absolute Gasteiger partial charge is 0.359 e. The van der Waals surface area contributed by atoms with E-state index in [4.69, 9.17) is 4.74 Å². The lowest BCUT2D eigenvalue weighted by atomic mass is 9.89. The van der Waals surface area contributed by atoms with Gasteiger partial charge in [-0.2, -0.15) is 0 Å². The lowest BCUT2D eigenvalue weighted by Crippen LogP contribution is -2.35. The Morgan fingerprint density at radius 3 is 3.00 bits per heavy atom. The first-order valence-electron chi connectivity index (χ1n) is 5.88. The zero-order valence-electron chi connectivity index (χ0n) is 10.2. The number of pyridine rings is 1. The van der Waals surface area contributed by atoms with Gasteiger partial charge in [-0.1, -0.05) is 24.8 Å². The first kappa shape index (κ1) is 10.5. The van der Waals surface area contributed by atoms with Crippen LogP contribution >= 0.6 is 0 Å². The van der Waals surface area contributed by atoms with Crippen LogP contribution in [0.3, 0.4) is 0 Å². The van der Waals surface area contributed by atoms with Crippen LogP contribution in [0.5, 0.6) is 0 Å². The van der Waals surface area contributed by atoms with Gasteiger partial charge in [0, 0.05) is 11.6 Å². The second-order valence-electron chi connectivity index (χ2n) is 4.58. The zero-order valence-corrected chi connectivity index (χ0v) is 10.2. The maximum absolute atomic E-state index is 5.78. The highest BCUT2D eigenvalue weighted by Crippen LogP contribution is 2.50. The SMILES string of the molecule is C=C/C=C\C1=C(C)c2c(ccc[n+]2C)C2OC12. The summed E-state index contributed by atoms with van der Waals surface area (Å²) in [6.45, 7) is 5.88. The van der Waals surface area contributed by atoms with Crippen LogP contribution in [-0.2, 0) is 11.8 Å². The van der Waals surface area contributed by atoms with Gasteiger partial charge in [-0.05, 0) is 18.6 Å². The van der Waals surface area contributed by atoms with Gasteiger partial charge in [0.15, 0.2) is 6.20 Å². The molecule has 2 unspecified atom stereocenters. The van der Waals surface area contributed by atoms with Gasteiger partial charge in [-0.3, -0.25) is 0 Å². The maximum Gasteiger partial charge on any atom is 0.214 e. The molecule has 2 nitrogen and oxygen atoms in total. The summed E-state index contributed by atoms with van der Waals surface area (Å²) in [5, 5.41) is 0. The summed E-state index contributed by atoms with van der Waals surface area (Å²) in [4.78, 5) is 0. The third-order valence-corrected chi connectivity index (χ3v) is 3.52. The molecule has 0 aromatic carbocycles. The first-order chi connectivity index (χ1) is 8.24. The Morgan fingerprint density at radius 2 is 2.24 bits per heavy atom. The number of aryl methyl sites for hydroxylation is 1. The summed E-state index contributed by atoms with van der Waals surface area (Å²) in [7, 11) is 2.08. The van der Waals surface area contributed by atoms with Crippen molar-refractivity contribution in [3.63, 3.8) is 0 Å². The molecule has 17 heavy (non-hydrogen) atoms. The second kappa shape index (κ2) is 3.67. The highest BCUT2D eigenvalue weighted by Gasteiger charge is 2.49. The molecular formula is C15H16NO+. The summed E-state index contributed by atoms with van der Waals surface area (Å²) >= 11 is 0. The number of hydrogen-bond donors (Lipinski definition) is 0. The van der Waals surface area contributed by atoms with E-state index in [1.54, 1.807) is 6.08 Å². The summed E-state index contributed by atoms with van der Waals surface area (Å²) in [5.41, 5.74) is 5.19. The number of hydrogen-bond acceptors (Lipinski definition) is 1. The second-order valence-corrected chi connectivity index (χ2v) is 4.58. The van der Waals surface area contributed by atoms with Gasteiger partial charge in [0.05, 0.1) is 5.56 Å². The quantitative estimate of drug-likeness (QED) is 0.430. The predicted molar refractivity (Wildman–Crippen MR) is 67.2 cm³/mol. The summed E-state index contributed by atoms with van der Waals surface area (Å²) < 4.78 is 7.95. The Bertz CT molecular complexity index is 554. The van der Waals surface area contributed by atoms with E-state index in [9.17, 15) is 0 Å². The molecule has 86 valence electrons. The van der Waals surface area contributed by atoms with Crippen molar-refractivity contribution < 1.29 is 9.30 Å². The van der Waals surface area contributed by atoms with E-state index in [0.717, 1.165) is 0 Å². The van der Waals surface area contributed by atoms with Crippen LogP contribution in [0.2, 0.25) is 0 Å². The molecule has 1 fully saturated rings. The molecule has 0 amide bonds. The minimum absolute atomic E-state index is 0.251. The molecular weight excluding hydrogens is 210 g/mol. The number of aromatic nitrogens is 1. The van der Waals surface area contributed by atoms with Gasteiger partial charge in [-0.15, -0.1) is 0 Å². The number of ether oxygens (including phenoxy) is 1. The van der Waals surface area contributed by atoms with Crippen molar-refractivity contribution in [1.29, 1.82) is 0 Å². The Kier molecular flexibility index (Phi) is 2.26. The normalized spacial score (nSPS) is 25.8. The van der Waals surface area contributed by atoms with E-state index in [1.165, 1.54) is 22.4 Å². The third kappa shape index (κ3) is 1.48. The van der Waals surface area contributed by atoms with Gasteiger partial charge < -0.3 is 4.74 Å².